The van der Waals surface area contributed by atoms with Crippen molar-refractivity contribution in [2.24, 2.45) is 5.41 Å². The number of rotatable bonds is 2. The van der Waals surface area contributed by atoms with Crippen LogP contribution in [0.25, 0.3) is 0 Å². The first-order chi connectivity index (χ1) is 8.88. The predicted molar refractivity (Wildman–Crippen MR) is 71.7 cm³/mol. The minimum Gasteiger partial charge on any atom is -0.453 e. The third kappa shape index (κ3) is 2.48. The molecule has 2 rings (SSSR count). The van der Waals surface area contributed by atoms with Crippen LogP contribution >= 0.6 is 0 Å². The summed E-state index contributed by atoms with van der Waals surface area (Å²) in [4.78, 5) is 25.6. The molecule has 1 aromatic rings. The largest absolute Gasteiger partial charge is 0.453 e. The number of ether oxygens (including phenoxy) is 1. The number of ketones is 1. The van der Waals surface area contributed by atoms with Crippen LogP contribution in [0.3, 0.4) is 0 Å². The molecule has 102 valence electrons. The van der Waals surface area contributed by atoms with Gasteiger partial charge in [0, 0.05) is 5.41 Å². The highest BCUT2D eigenvalue weighted by molar-refractivity contribution is 5.96. The maximum atomic E-state index is 12.4. The molecule has 0 saturated carbocycles. The van der Waals surface area contributed by atoms with Gasteiger partial charge in [-0.2, -0.15) is 0 Å². The van der Waals surface area contributed by atoms with Gasteiger partial charge in [-0.3, -0.25) is 9.69 Å². The van der Waals surface area contributed by atoms with E-state index in [0.717, 1.165) is 5.56 Å². The second kappa shape index (κ2) is 4.68. The zero-order valence-electron chi connectivity index (χ0n) is 11.7. The summed E-state index contributed by atoms with van der Waals surface area (Å²) in [6.07, 6.45) is -0.448. The molecule has 1 saturated heterocycles. The van der Waals surface area contributed by atoms with Crippen molar-refractivity contribution in [2.45, 2.75) is 32.9 Å². The fraction of sp³-hybridized carbons (Fsp3) is 0.467. The summed E-state index contributed by atoms with van der Waals surface area (Å²) < 4.78 is 4.75. The molecule has 0 bridgehead atoms. The predicted octanol–water partition coefficient (Wildman–Crippen LogP) is 2.79. The lowest BCUT2D eigenvalue weighted by Gasteiger charge is -2.15. The van der Waals surface area contributed by atoms with Crippen molar-refractivity contribution in [3.63, 3.8) is 0 Å². The average Bonchev–Trinajstić information content (AvgIpc) is 3.12. The number of carbonyl (C=O) groups excluding carboxylic acids is 2. The van der Waals surface area contributed by atoms with Gasteiger partial charge in [-0.1, -0.05) is 51.1 Å². The Labute approximate surface area is 113 Å². The van der Waals surface area contributed by atoms with Gasteiger partial charge in [0.1, 0.15) is 6.04 Å². The van der Waals surface area contributed by atoms with E-state index >= 15 is 0 Å². The first-order valence-corrected chi connectivity index (χ1v) is 6.33. The van der Waals surface area contributed by atoms with E-state index < -0.39 is 17.6 Å². The first-order valence-electron chi connectivity index (χ1n) is 6.33. The van der Waals surface area contributed by atoms with E-state index in [4.69, 9.17) is 4.74 Å². The molecule has 0 spiro atoms. The first kappa shape index (κ1) is 13.6. The van der Waals surface area contributed by atoms with Crippen LogP contribution in [0.4, 0.5) is 4.79 Å². The Kier molecular flexibility index (Phi) is 3.35. The number of benzene rings is 1. The van der Waals surface area contributed by atoms with Gasteiger partial charge >= 0.3 is 6.09 Å². The Morgan fingerprint density at radius 1 is 1.16 bits per heavy atom. The summed E-state index contributed by atoms with van der Waals surface area (Å²) in [5.41, 5.74) is 0.496. The SMILES string of the molecule is COC(=O)N1[C@H](C(=O)C(C)(C)C)[C@H]1c1ccccc1. The Hall–Kier alpha value is -1.84. The molecule has 1 aromatic carbocycles. The highest BCUT2D eigenvalue weighted by Gasteiger charge is 2.58. The van der Waals surface area contributed by atoms with Crippen LogP contribution < -0.4 is 0 Å². The molecule has 1 amide bonds. The molecule has 4 heteroatoms. The van der Waals surface area contributed by atoms with E-state index in [-0.39, 0.29) is 11.8 Å². The molecule has 1 heterocycles. The fourth-order valence-corrected chi connectivity index (χ4v) is 2.27. The van der Waals surface area contributed by atoms with Gasteiger partial charge in [0.15, 0.2) is 5.78 Å². The molecule has 2 atom stereocenters. The lowest BCUT2D eigenvalue weighted by molar-refractivity contribution is -0.126. The van der Waals surface area contributed by atoms with E-state index in [1.165, 1.54) is 12.0 Å². The van der Waals surface area contributed by atoms with Crippen molar-refractivity contribution < 1.29 is 14.3 Å². The van der Waals surface area contributed by atoms with Crippen LogP contribution in [-0.2, 0) is 9.53 Å². The van der Waals surface area contributed by atoms with Crippen LogP contribution in [0.15, 0.2) is 30.3 Å². The van der Waals surface area contributed by atoms with Gasteiger partial charge in [-0.15, -0.1) is 0 Å². The second-order valence-electron chi connectivity index (χ2n) is 5.79. The molecule has 19 heavy (non-hydrogen) atoms. The highest BCUT2D eigenvalue weighted by Crippen LogP contribution is 2.46. The van der Waals surface area contributed by atoms with Crippen LogP contribution in [0.1, 0.15) is 32.4 Å². The number of methoxy groups -OCH3 is 1. The average molecular weight is 261 g/mol. The summed E-state index contributed by atoms with van der Waals surface area (Å²) >= 11 is 0. The van der Waals surface area contributed by atoms with Gasteiger partial charge in [-0.25, -0.2) is 4.79 Å². The number of carbonyl (C=O) groups is 2. The fourth-order valence-electron chi connectivity index (χ4n) is 2.27. The van der Waals surface area contributed by atoms with Gasteiger partial charge < -0.3 is 4.74 Å². The molecular formula is C15H19NO3. The molecule has 1 aliphatic heterocycles. The van der Waals surface area contributed by atoms with Crippen molar-refractivity contribution in [2.75, 3.05) is 7.11 Å². The topological polar surface area (TPSA) is 46.4 Å². The number of nitrogens with zero attached hydrogens (tertiary/aromatic N) is 1. The molecule has 1 aliphatic rings. The zero-order chi connectivity index (χ0) is 14.2. The molecular weight excluding hydrogens is 242 g/mol. The number of hydrogen-bond acceptors (Lipinski definition) is 3. The van der Waals surface area contributed by atoms with E-state index in [1.807, 2.05) is 51.1 Å². The maximum absolute atomic E-state index is 12.4. The maximum Gasteiger partial charge on any atom is 0.410 e. The summed E-state index contributed by atoms with van der Waals surface area (Å²) in [7, 11) is 1.33. The molecule has 0 radical (unpaired) electrons. The summed E-state index contributed by atoms with van der Waals surface area (Å²) in [6.45, 7) is 5.60. The Balaban J connectivity index is 2.27. The third-order valence-corrected chi connectivity index (χ3v) is 3.34. The Morgan fingerprint density at radius 3 is 2.21 bits per heavy atom. The monoisotopic (exact) mass is 261 g/mol. The normalized spacial score (nSPS) is 22.0. The number of amides is 1. The minimum absolute atomic E-state index is 0.0618. The zero-order valence-corrected chi connectivity index (χ0v) is 11.7. The lowest BCUT2D eigenvalue weighted by atomic mass is 9.87. The highest BCUT2D eigenvalue weighted by atomic mass is 16.5. The standard InChI is InChI=1S/C15H19NO3/c1-15(2,3)13(17)12-11(16(12)14(18)19-4)10-8-6-5-7-9-10/h5-9,11-12H,1-4H3/t11-,12+,16?/m1/s1. The van der Waals surface area contributed by atoms with Crippen molar-refractivity contribution in [1.29, 1.82) is 0 Å². The third-order valence-electron chi connectivity index (χ3n) is 3.34. The van der Waals surface area contributed by atoms with Gasteiger partial charge in [0.25, 0.3) is 0 Å². The summed E-state index contributed by atoms with van der Waals surface area (Å²) in [5, 5.41) is 0. The van der Waals surface area contributed by atoms with E-state index in [2.05, 4.69) is 0 Å². The van der Waals surface area contributed by atoms with Crippen molar-refractivity contribution >= 4 is 11.9 Å². The van der Waals surface area contributed by atoms with Crippen LogP contribution in [0, 0.1) is 5.41 Å². The minimum atomic E-state index is -0.472. The van der Waals surface area contributed by atoms with Gasteiger partial charge in [0.2, 0.25) is 0 Å². The van der Waals surface area contributed by atoms with E-state index in [0.29, 0.717) is 0 Å². The van der Waals surface area contributed by atoms with Crippen LogP contribution in [-0.4, -0.2) is 29.9 Å². The molecule has 0 aliphatic carbocycles. The van der Waals surface area contributed by atoms with Gasteiger partial charge in [-0.05, 0) is 5.56 Å². The van der Waals surface area contributed by atoms with Crippen LogP contribution in [0.2, 0.25) is 0 Å². The van der Waals surface area contributed by atoms with Crippen molar-refractivity contribution in [3.05, 3.63) is 35.9 Å². The molecule has 1 fully saturated rings. The quantitative estimate of drug-likeness (QED) is 0.769. The second-order valence-corrected chi connectivity index (χ2v) is 5.79. The lowest BCUT2D eigenvalue weighted by Crippen LogP contribution is -2.29. The summed E-state index contributed by atoms with van der Waals surface area (Å²) in [5.74, 6) is 0.0618. The number of Topliss-reactive ketones (excluding diaryl/α,β-unsaturated/α-hetero) is 1. The van der Waals surface area contributed by atoms with Crippen LogP contribution in [0.5, 0.6) is 0 Å². The molecule has 0 aromatic heterocycles. The Morgan fingerprint density at radius 2 is 1.74 bits per heavy atom. The van der Waals surface area contributed by atoms with E-state index in [9.17, 15) is 9.59 Å². The van der Waals surface area contributed by atoms with Crippen molar-refractivity contribution in [3.8, 4) is 0 Å². The van der Waals surface area contributed by atoms with Gasteiger partial charge in [0.05, 0.1) is 13.2 Å². The molecule has 0 N–H and O–H groups in total. The Bertz CT molecular complexity index is 490. The number of hydrogen-bond donors (Lipinski definition) is 0. The molecule has 0 unspecified atom stereocenters. The summed E-state index contributed by atoms with van der Waals surface area (Å²) in [6, 6.07) is 8.97. The van der Waals surface area contributed by atoms with Crippen molar-refractivity contribution in [1.82, 2.24) is 4.90 Å². The molecule has 4 nitrogen and oxygen atoms in total. The van der Waals surface area contributed by atoms with E-state index in [1.54, 1.807) is 0 Å². The smallest absolute Gasteiger partial charge is 0.410 e.